The summed E-state index contributed by atoms with van der Waals surface area (Å²) in [5, 5.41) is 1.82. The molecule has 120 valence electrons. The van der Waals surface area contributed by atoms with Gasteiger partial charge in [-0.1, -0.05) is 0 Å². The number of halogens is 3. The Morgan fingerprint density at radius 2 is 1.45 bits per heavy atom. The smallest absolute Gasteiger partial charge is 0.346 e. The molecule has 0 aromatic rings. The van der Waals surface area contributed by atoms with Gasteiger partial charge < -0.3 is 5.32 Å². The van der Waals surface area contributed by atoms with Gasteiger partial charge in [0.15, 0.2) is 7.51 Å². The van der Waals surface area contributed by atoms with E-state index in [4.69, 9.17) is 0 Å². The van der Waals surface area contributed by atoms with Crippen LogP contribution in [-0.4, -0.2) is 81.5 Å². The van der Waals surface area contributed by atoms with Gasteiger partial charge in [0.1, 0.15) is 0 Å². The Balaban J connectivity index is 4.86. The number of carbonyl (C=O) groups excluding carboxylic acids is 1. The largest absolute Gasteiger partial charge is 0.471 e. The van der Waals surface area contributed by atoms with E-state index >= 15 is 0 Å². The van der Waals surface area contributed by atoms with Crippen LogP contribution in [0.3, 0.4) is 0 Å². The average molecular weight is 317 g/mol. The highest BCUT2D eigenvalue weighted by atomic mass is 31.2. The molecule has 0 bridgehead atoms. The van der Waals surface area contributed by atoms with Gasteiger partial charge in [0, 0.05) is 6.54 Å². The van der Waals surface area contributed by atoms with Crippen LogP contribution in [0.4, 0.5) is 13.2 Å². The predicted octanol–water partition coefficient (Wildman–Crippen LogP) is 1.30. The van der Waals surface area contributed by atoms with Gasteiger partial charge >= 0.3 is 12.1 Å². The van der Waals surface area contributed by atoms with Gasteiger partial charge in [0.2, 0.25) is 0 Å². The van der Waals surface area contributed by atoms with Crippen LogP contribution in [0, 0.1) is 0 Å². The van der Waals surface area contributed by atoms with Crippen molar-refractivity contribution in [2.24, 2.45) is 4.74 Å². The second-order valence-corrected chi connectivity index (χ2v) is 8.45. The minimum absolute atomic E-state index is 0.115. The monoisotopic (exact) mass is 317 g/mol. The maximum Gasteiger partial charge on any atom is 0.471 e. The number of nitrogens with one attached hydrogen (secondary N) is 1. The minimum Gasteiger partial charge on any atom is -0.346 e. The van der Waals surface area contributed by atoms with Crippen molar-refractivity contribution >= 4 is 13.4 Å². The quantitative estimate of drug-likeness (QED) is 0.593. The van der Waals surface area contributed by atoms with E-state index in [1.165, 1.54) is 0 Å². The topological polar surface area (TPSA) is 51.2 Å². The van der Waals surface area contributed by atoms with Gasteiger partial charge in [-0.3, -0.25) is 23.6 Å². The van der Waals surface area contributed by atoms with Gasteiger partial charge in [-0.05, 0) is 42.3 Å². The van der Waals surface area contributed by atoms with E-state index in [9.17, 15) is 18.0 Å². The summed E-state index contributed by atoms with van der Waals surface area (Å²) in [6.45, 7) is -0.0280. The summed E-state index contributed by atoms with van der Waals surface area (Å²) in [7, 11) is 9.08. The first-order valence-electron chi connectivity index (χ1n) is 5.92. The molecule has 0 unspecified atom stereocenters. The average Bonchev–Trinajstić information content (AvgIpc) is 2.25. The Labute approximate surface area is 118 Å². The van der Waals surface area contributed by atoms with E-state index in [1.54, 1.807) is 0 Å². The molecule has 0 heterocycles. The maximum absolute atomic E-state index is 12.0. The lowest BCUT2D eigenvalue weighted by molar-refractivity contribution is -0.173. The van der Waals surface area contributed by atoms with Crippen molar-refractivity contribution in [1.82, 2.24) is 19.3 Å². The fourth-order valence-electron chi connectivity index (χ4n) is 1.91. The molecule has 1 amide bonds. The van der Waals surface area contributed by atoms with Crippen molar-refractivity contribution in [2.75, 3.05) is 55.4 Å². The third-order valence-corrected chi connectivity index (χ3v) is 6.35. The molecule has 0 aliphatic rings. The SMILES string of the molecule is CN(C)P(=NCCNC(=O)C(F)(F)F)(N(C)C)N(C)C. The van der Waals surface area contributed by atoms with Crippen molar-refractivity contribution < 1.29 is 18.0 Å². The molecule has 0 aromatic carbocycles. The summed E-state index contributed by atoms with van der Waals surface area (Å²) >= 11 is 0. The molecule has 0 saturated carbocycles. The zero-order valence-corrected chi connectivity index (χ0v) is 13.6. The third-order valence-electron chi connectivity index (χ3n) is 2.55. The van der Waals surface area contributed by atoms with Crippen LogP contribution >= 0.6 is 7.51 Å². The first kappa shape index (κ1) is 19.4. The highest BCUT2D eigenvalue weighted by Gasteiger charge is 2.38. The maximum atomic E-state index is 12.0. The van der Waals surface area contributed by atoms with Gasteiger partial charge in [0.05, 0.1) is 6.54 Å². The van der Waals surface area contributed by atoms with E-state index < -0.39 is 19.6 Å². The molecule has 0 aliphatic heterocycles. The van der Waals surface area contributed by atoms with Crippen LogP contribution in [0.15, 0.2) is 4.74 Å². The lowest BCUT2D eigenvalue weighted by Crippen LogP contribution is -2.38. The number of amides is 1. The van der Waals surface area contributed by atoms with E-state index in [2.05, 4.69) is 4.74 Å². The lowest BCUT2D eigenvalue weighted by atomic mass is 10.5. The Hall–Kier alpha value is -0.630. The van der Waals surface area contributed by atoms with E-state index in [-0.39, 0.29) is 13.1 Å². The second-order valence-electron chi connectivity index (χ2n) is 4.70. The van der Waals surface area contributed by atoms with Crippen molar-refractivity contribution in [2.45, 2.75) is 6.18 Å². The molecule has 0 radical (unpaired) electrons. The van der Waals surface area contributed by atoms with Crippen molar-refractivity contribution in [3.8, 4) is 0 Å². The van der Waals surface area contributed by atoms with Crippen molar-refractivity contribution in [1.29, 1.82) is 0 Å². The second kappa shape index (κ2) is 7.40. The van der Waals surface area contributed by atoms with Crippen LogP contribution in [0.25, 0.3) is 0 Å². The van der Waals surface area contributed by atoms with E-state index in [0.29, 0.717) is 0 Å². The molecule has 0 saturated heterocycles. The van der Waals surface area contributed by atoms with Crippen molar-refractivity contribution in [3.63, 3.8) is 0 Å². The number of hydrogen-bond acceptors (Lipinski definition) is 2. The summed E-state index contributed by atoms with van der Waals surface area (Å²) < 4.78 is 46.4. The molecular weight excluding hydrogens is 294 g/mol. The van der Waals surface area contributed by atoms with E-state index in [0.717, 1.165) is 0 Å². The number of rotatable bonds is 6. The molecule has 10 heteroatoms. The minimum atomic E-state index is -4.85. The molecule has 0 fully saturated rings. The number of hydrogen-bond donors (Lipinski definition) is 1. The molecule has 0 rings (SSSR count). The van der Waals surface area contributed by atoms with Crippen LogP contribution < -0.4 is 5.32 Å². The van der Waals surface area contributed by atoms with Crippen molar-refractivity contribution in [3.05, 3.63) is 0 Å². The molecule has 1 N–H and O–H groups in total. The van der Waals surface area contributed by atoms with Gasteiger partial charge in [-0.2, -0.15) is 13.2 Å². The Kier molecular flexibility index (Phi) is 7.17. The lowest BCUT2D eigenvalue weighted by Gasteiger charge is -2.41. The Morgan fingerprint density at radius 3 is 1.75 bits per heavy atom. The van der Waals surface area contributed by atoms with E-state index in [1.807, 2.05) is 61.6 Å². The molecule has 0 spiro atoms. The zero-order chi connectivity index (χ0) is 16.1. The summed E-state index contributed by atoms with van der Waals surface area (Å²) in [6, 6.07) is 0. The Bertz CT molecular complexity index is 353. The van der Waals surface area contributed by atoms with Crippen LogP contribution in [0.2, 0.25) is 0 Å². The summed E-state index contributed by atoms with van der Waals surface area (Å²) in [4.78, 5) is 10.7. The first-order valence-corrected chi connectivity index (χ1v) is 7.52. The van der Waals surface area contributed by atoms with Crippen LogP contribution in [-0.2, 0) is 4.79 Å². The normalized spacial score (nSPS) is 13.2. The summed E-state index contributed by atoms with van der Waals surface area (Å²) in [5.74, 6) is -1.93. The van der Waals surface area contributed by atoms with Gasteiger partial charge in [0.25, 0.3) is 0 Å². The number of alkyl halides is 3. The number of nitrogens with zero attached hydrogens (tertiary/aromatic N) is 4. The fraction of sp³-hybridized carbons (Fsp3) is 0.900. The molecule has 0 aliphatic carbocycles. The van der Waals surface area contributed by atoms with Gasteiger partial charge in [-0.25, -0.2) is 0 Å². The Morgan fingerprint density at radius 1 is 1.05 bits per heavy atom. The zero-order valence-electron chi connectivity index (χ0n) is 12.7. The molecule has 20 heavy (non-hydrogen) atoms. The fourth-order valence-corrected chi connectivity index (χ4v) is 5.18. The number of carbonyl (C=O) groups is 1. The third kappa shape index (κ3) is 4.73. The summed E-state index contributed by atoms with van der Waals surface area (Å²) in [6.07, 6.45) is -4.85. The predicted molar refractivity (Wildman–Crippen MR) is 74.3 cm³/mol. The standard InChI is InChI=1S/C10H23F3N5OP/c1-16(2)20(17(3)4,18(5)6)15-8-7-14-9(19)10(11,12)13/h7-8H2,1-6H3,(H,14,19). The highest BCUT2D eigenvalue weighted by Crippen LogP contribution is 2.54. The summed E-state index contributed by atoms with van der Waals surface area (Å²) in [5.41, 5.74) is 0. The van der Waals surface area contributed by atoms with Crippen LogP contribution in [0.5, 0.6) is 0 Å². The molecule has 0 aromatic heterocycles. The van der Waals surface area contributed by atoms with Gasteiger partial charge in [-0.15, -0.1) is 0 Å². The van der Waals surface area contributed by atoms with Crippen LogP contribution in [0.1, 0.15) is 0 Å². The molecule has 6 nitrogen and oxygen atoms in total. The molecule has 0 atom stereocenters. The first-order chi connectivity index (χ1) is 8.96. The highest BCUT2D eigenvalue weighted by molar-refractivity contribution is 7.59. The molecular formula is C10H23F3N5OP.